The number of hydrogen-bond donors (Lipinski definition) is 1. The lowest BCUT2D eigenvalue weighted by Gasteiger charge is -2.05. The SMILES string of the molecule is CCOC(=O)c1c(Cl)cc(N)cc1[N+](=O)[O-]. The molecule has 0 aromatic heterocycles. The number of benzene rings is 1. The summed E-state index contributed by atoms with van der Waals surface area (Å²) in [6, 6.07) is 2.33. The summed E-state index contributed by atoms with van der Waals surface area (Å²) in [5.41, 5.74) is 4.78. The molecule has 0 amide bonds. The van der Waals surface area contributed by atoms with E-state index in [9.17, 15) is 14.9 Å². The maximum atomic E-state index is 11.5. The molecule has 0 heterocycles. The largest absolute Gasteiger partial charge is 0.462 e. The molecule has 16 heavy (non-hydrogen) atoms. The fraction of sp³-hybridized carbons (Fsp3) is 0.222. The van der Waals surface area contributed by atoms with Crippen molar-refractivity contribution < 1.29 is 14.5 Å². The second-order valence-corrected chi connectivity index (χ2v) is 3.28. The van der Waals surface area contributed by atoms with Crippen LogP contribution in [0.15, 0.2) is 12.1 Å². The molecular weight excluding hydrogens is 236 g/mol. The van der Waals surface area contributed by atoms with Gasteiger partial charge in [-0.2, -0.15) is 0 Å². The Morgan fingerprint density at radius 1 is 1.62 bits per heavy atom. The molecule has 0 aliphatic carbocycles. The summed E-state index contributed by atoms with van der Waals surface area (Å²) in [5.74, 6) is -0.834. The van der Waals surface area contributed by atoms with Crippen molar-refractivity contribution >= 4 is 28.9 Å². The van der Waals surface area contributed by atoms with Crippen LogP contribution in [0.3, 0.4) is 0 Å². The second-order valence-electron chi connectivity index (χ2n) is 2.87. The number of nitrogen functional groups attached to an aromatic ring is 1. The molecule has 0 spiro atoms. The minimum atomic E-state index is -0.834. The quantitative estimate of drug-likeness (QED) is 0.380. The lowest BCUT2D eigenvalue weighted by molar-refractivity contribution is -0.385. The van der Waals surface area contributed by atoms with Crippen LogP contribution in [-0.4, -0.2) is 17.5 Å². The van der Waals surface area contributed by atoms with Crippen LogP contribution in [0.2, 0.25) is 5.02 Å². The standard InChI is InChI=1S/C9H9ClN2O4/c1-2-16-9(13)8-6(10)3-5(11)4-7(8)12(14)15/h3-4H,2,11H2,1H3. The van der Waals surface area contributed by atoms with E-state index in [-0.39, 0.29) is 22.9 Å². The Labute approximate surface area is 96.1 Å². The number of halogens is 1. The summed E-state index contributed by atoms with van der Waals surface area (Å²) in [5, 5.41) is 10.6. The van der Waals surface area contributed by atoms with E-state index >= 15 is 0 Å². The van der Waals surface area contributed by atoms with E-state index in [1.165, 1.54) is 6.07 Å². The maximum Gasteiger partial charge on any atom is 0.346 e. The van der Waals surface area contributed by atoms with Gasteiger partial charge in [0.25, 0.3) is 5.69 Å². The van der Waals surface area contributed by atoms with Gasteiger partial charge in [0.2, 0.25) is 0 Å². The number of carbonyl (C=O) groups is 1. The predicted molar refractivity (Wildman–Crippen MR) is 58.5 cm³/mol. The van der Waals surface area contributed by atoms with Crippen molar-refractivity contribution in [3.05, 3.63) is 32.8 Å². The van der Waals surface area contributed by atoms with Crippen LogP contribution in [0, 0.1) is 10.1 Å². The van der Waals surface area contributed by atoms with Crippen LogP contribution in [-0.2, 0) is 4.74 Å². The molecule has 6 nitrogen and oxygen atoms in total. The number of hydrogen-bond acceptors (Lipinski definition) is 5. The first kappa shape index (κ1) is 12.3. The Morgan fingerprint density at radius 3 is 2.75 bits per heavy atom. The van der Waals surface area contributed by atoms with Gasteiger partial charge >= 0.3 is 5.97 Å². The molecule has 0 aliphatic rings. The Morgan fingerprint density at radius 2 is 2.25 bits per heavy atom. The highest BCUT2D eigenvalue weighted by molar-refractivity contribution is 6.34. The Bertz CT molecular complexity index is 447. The van der Waals surface area contributed by atoms with E-state index in [4.69, 9.17) is 17.3 Å². The summed E-state index contributed by atoms with van der Waals surface area (Å²) in [6.07, 6.45) is 0. The third-order valence-electron chi connectivity index (χ3n) is 1.77. The molecular formula is C9H9ClN2O4. The molecule has 1 aromatic carbocycles. The summed E-state index contributed by atoms with van der Waals surface area (Å²) in [7, 11) is 0. The van der Waals surface area contributed by atoms with E-state index in [1.54, 1.807) is 6.92 Å². The molecule has 2 N–H and O–H groups in total. The summed E-state index contributed by atoms with van der Waals surface area (Å²) >= 11 is 5.72. The van der Waals surface area contributed by atoms with Gasteiger partial charge < -0.3 is 10.5 Å². The van der Waals surface area contributed by atoms with Crippen LogP contribution < -0.4 is 5.73 Å². The molecule has 1 rings (SSSR count). The number of anilines is 1. The van der Waals surface area contributed by atoms with Gasteiger partial charge in [0, 0.05) is 11.8 Å². The number of rotatable bonds is 3. The fourth-order valence-corrected chi connectivity index (χ4v) is 1.46. The van der Waals surface area contributed by atoms with E-state index in [0.717, 1.165) is 6.07 Å². The average molecular weight is 245 g/mol. The van der Waals surface area contributed by atoms with Crippen LogP contribution in [0.4, 0.5) is 11.4 Å². The van der Waals surface area contributed by atoms with Gasteiger partial charge in [-0.05, 0) is 13.0 Å². The van der Waals surface area contributed by atoms with Crippen LogP contribution in [0.5, 0.6) is 0 Å². The number of carbonyl (C=O) groups excluding carboxylic acids is 1. The number of nitro benzene ring substituents is 1. The minimum Gasteiger partial charge on any atom is -0.462 e. The number of nitro groups is 1. The molecule has 0 unspecified atom stereocenters. The normalized spacial score (nSPS) is 9.88. The van der Waals surface area contributed by atoms with Gasteiger partial charge in [-0.3, -0.25) is 10.1 Å². The van der Waals surface area contributed by atoms with Gasteiger partial charge in [-0.1, -0.05) is 11.6 Å². The highest BCUT2D eigenvalue weighted by Gasteiger charge is 2.25. The van der Waals surface area contributed by atoms with Crippen LogP contribution >= 0.6 is 11.6 Å². The highest BCUT2D eigenvalue weighted by atomic mass is 35.5. The molecule has 0 saturated heterocycles. The average Bonchev–Trinajstić information content (AvgIpc) is 2.16. The Balaban J connectivity index is 3.35. The molecule has 86 valence electrons. The molecule has 0 atom stereocenters. The molecule has 0 saturated carbocycles. The van der Waals surface area contributed by atoms with Gasteiger partial charge in [-0.25, -0.2) is 4.79 Å². The Kier molecular flexibility index (Phi) is 3.68. The third-order valence-corrected chi connectivity index (χ3v) is 2.07. The number of nitrogens with two attached hydrogens (primary N) is 1. The smallest absolute Gasteiger partial charge is 0.346 e. The van der Waals surface area contributed by atoms with E-state index in [0.29, 0.717) is 0 Å². The zero-order valence-electron chi connectivity index (χ0n) is 8.40. The molecule has 0 aliphatic heterocycles. The monoisotopic (exact) mass is 244 g/mol. The topological polar surface area (TPSA) is 95.5 Å². The van der Waals surface area contributed by atoms with Crippen molar-refractivity contribution in [3.63, 3.8) is 0 Å². The second kappa shape index (κ2) is 4.80. The third kappa shape index (κ3) is 2.40. The van der Waals surface area contributed by atoms with E-state index in [2.05, 4.69) is 4.74 Å². The summed E-state index contributed by atoms with van der Waals surface area (Å²) in [4.78, 5) is 21.4. The highest BCUT2D eigenvalue weighted by Crippen LogP contribution is 2.30. The van der Waals surface area contributed by atoms with Crippen molar-refractivity contribution in [1.29, 1.82) is 0 Å². The van der Waals surface area contributed by atoms with Crippen molar-refractivity contribution in [3.8, 4) is 0 Å². The zero-order valence-corrected chi connectivity index (χ0v) is 9.15. The van der Waals surface area contributed by atoms with Gasteiger partial charge in [0.15, 0.2) is 5.56 Å². The van der Waals surface area contributed by atoms with Gasteiger partial charge in [0.1, 0.15) is 0 Å². The number of ether oxygens (including phenoxy) is 1. The first-order chi connectivity index (χ1) is 7.47. The molecule has 0 bridgehead atoms. The number of esters is 1. The van der Waals surface area contributed by atoms with E-state index in [1.807, 2.05) is 0 Å². The maximum absolute atomic E-state index is 11.5. The number of nitrogens with zero attached hydrogens (tertiary/aromatic N) is 1. The van der Waals surface area contributed by atoms with Gasteiger partial charge in [0.05, 0.1) is 16.6 Å². The van der Waals surface area contributed by atoms with Gasteiger partial charge in [-0.15, -0.1) is 0 Å². The molecule has 0 fully saturated rings. The summed E-state index contributed by atoms with van der Waals surface area (Å²) < 4.78 is 4.67. The molecule has 7 heteroatoms. The van der Waals surface area contributed by atoms with Crippen molar-refractivity contribution in [2.45, 2.75) is 6.92 Å². The van der Waals surface area contributed by atoms with Crippen LogP contribution in [0.25, 0.3) is 0 Å². The fourth-order valence-electron chi connectivity index (χ4n) is 1.16. The molecule has 0 radical (unpaired) electrons. The van der Waals surface area contributed by atoms with Crippen molar-refractivity contribution in [2.24, 2.45) is 0 Å². The van der Waals surface area contributed by atoms with Crippen molar-refractivity contribution in [1.82, 2.24) is 0 Å². The van der Waals surface area contributed by atoms with Crippen molar-refractivity contribution in [2.75, 3.05) is 12.3 Å². The first-order valence-corrected chi connectivity index (χ1v) is 4.75. The Hall–Kier alpha value is -1.82. The molecule has 1 aromatic rings. The zero-order chi connectivity index (χ0) is 12.3. The summed E-state index contributed by atoms with van der Waals surface area (Å²) in [6.45, 7) is 1.70. The minimum absolute atomic E-state index is 0.0925. The lowest BCUT2D eigenvalue weighted by Crippen LogP contribution is -2.09. The first-order valence-electron chi connectivity index (χ1n) is 4.38. The predicted octanol–water partition coefficient (Wildman–Crippen LogP) is 2.01. The lowest BCUT2D eigenvalue weighted by atomic mass is 10.1. The van der Waals surface area contributed by atoms with E-state index < -0.39 is 16.6 Å². The van der Waals surface area contributed by atoms with Crippen LogP contribution in [0.1, 0.15) is 17.3 Å².